The fourth-order valence-electron chi connectivity index (χ4n) is 2.04. The van der Waals surface area contributed by atoms with Crippen LogP contribution in [0.3, 0.4) is 0 Å². The third kappa shape index (κ3) is 2.75. The van der Waals surface area contributed by atoms with Gasteiger partial charge in [0.05, 0.1) is 6.10 Å². The molecule has 0 aliphatic rings. The zero-order chi connectivity index (χ0) is 12.1. The van der Waals surface area contributed by atoms with Crippen LogP contribution in [0.2, 0.25) is 0 Å². The van der Waals surface area contributed by atoms with Crippen LogP contribution in [0, 0.1) is 5.92 Å². The molecule has 2 rings (SSSR count). The Balaban J connectivity index is 2.25. The lowest BCUT2D eigenvalue weighted by atomic mass is 9.87. The predicted octanol–water partition coefficient (Wildman–Crippen LogP) is 3.75. The zero-order valence-corrected chi connectivity index (χ0v) is 10.0. The molecule has 1 nitrogen and oxygen atoms in total. The van der Waals surface area contributed by atoms with Crippen molar-refractivity contribution in [1.29, 1.82) is 0 Å². The maximum absolute atomic E-state index is 10.4. The Kier molecular flexibility index (Phi) is 3.94. The van der Waals surface area contributed by atoms with Crippen molar-refractivity contribution >= 4 is 0 Å². The van der Waals surface area contributed by atoms with Crippen molar-refractivity contribution in [2.24, 2.45) is 0 Å². The summed E-state index contributed by atoms with van der Waals surface area (Å²) in [5.74, 6) is 1.07. The van der Waals surface area contributed by atoms with Gasteiger partial charge in [-0.1, -0.05) is 67.6 Å². The third-order valence-corrected chi connectivity index (χ3v) is 2.97. The first kappa shape index (κ1) is 11.9. The lowest BCUT2D eigenvalue weighted by molar-refractivity contribution is 0.192. The quantitative estimate of drug-likeness (QED) is 0.840. The summed E-state index contributed by atoms with van der Waals surface area (Å²) in [7, 11) is 0. The smallest absolute Gasteiger partial charge is 0.0896 e. The highest BCUT2D eigenvalue weighted by Crippen LogP contribution is 2.32. The summed E-state index contributed by atoms with van der Waals surface area (Å²) in [6.07, 6.45) is 0.337. The first-order chi connectivity index (χ1) is 8.33. The maximum Gasteiger partial charge on any atom is 0.0896 e. The summed E-state index contributed by atoms with van der Waals surface area (Å²) in [6.45, 7) is 2.08. The minimum atomic E-state index is -0.511. The van der Waals surface area contributed by atoms with Crippen LogP contribution >= 0.6 is 0 Å². The molecule has 1 radical (unpaired) electrons. The van der Waals surface area contributed by atoms with Gasteiger partial charge in [0.15, 0.2) is 0 Å². The largest absolute Gasteiger partial charge is 0.387 e. The van der Waals surface area contributed by atoms with Crippen LogP contribution in [0.4, 0.5) is 0 Å². The van der Waals surface area contributed by atoms with Gasteiger partial charge in [0.1, 0.15) is 0 Å². The van der Waals surface area contributed by atoms with Crippen LogP contribution in [0.5, 0.6) is 0 Å². The lowest BCUT2D eigenvalue weighted by Gasteiger charge is -2.21. The lowest BCUT2D eigenvalue weighted by Crippen LogP contribution is -2.11. The number of rotatable bonds is 4. The number of hydrogen-bond acceptors (Lipinski definition) is 1. The molecule has 1 atom stereocenters. The molecule has 0 saturated heterocycles. The maximum atomic E-state index is 10.4. The minimum Gasteiger partial charge on any atom is -0.387 e. The summed E-state index contributed by atoms with van der Waals surface area (Å²) < 4.78 is 0. The highest BCUT2D eigenvalue weighted by atomic mass is 16.3. The van der Waals surface area contributed by atoms with Crippen LogP contribution < -0.4 is 0 Å². The van der Waals surface area contributed by atoms with Crippen LogP contribution in [-0.4, -0.2) is 5.11 Å². The molecule has 2 aromatic carbocycles. The van der Waals surface area contributed by atoms with Crippen LogP contribution in [0.25, 0.3) is 0 Å². The Bertz CT molecular complexity index is 436. The van der Waals surface area contributed by atoms with Gasteiger partial charge < -0.3 is 5.11 Å². The molecule has 1 heteroatoms. The molecule has 17 heavy (non-hydrogen) atoms. The van der Waals surface area contributed by atoms with E-state index >= 15 is 0 Å². The van der Waals surface area contributed by atoms with Crippen molar-refractivity contribution in [3.05, 3.63) is 77.7 Å². The Morgan fingerprint density at radius 2 is 1.47 bits per heavy atom. The second kappa shape index (κ2) is 5.65. The number of benzene rings is 2. The Labute approximate surface area is 103 Å². The second-order valence-electron chi connectivity index (χ2n) is 4.06. The van der Waals surface area contributed by atoms with Gasteiger partial charge >= 0.3 is 0 Å². The van der Waals surface area contributed by atoms with E-state index < -0.39 is 6.10 Å². The first-order valence-electron chi connectivity index (χ1n) is 5.97. The van der Waals surface area contributed by atoms with Crippen LogP contribution in [0.15, 0.2) is 60.7 Å². The molecule has 1 unspecified atom stereocenters. The zero-order valence-electron chi connectivity index (χ0n) is 10.0. The molecule has 0 aliphatic heterocycles. The average molecular weight is 225 g/mol. The molecular formula is C16H17O. The molecule has 0 bridgehead atoms. The van der Waals surface area contributed by atoms with Crippen molar-refractivity contribution in [2.45, 2.75) is 19.4 Å². The highest BCUT2D eigenvalue weighted by Gasteiger charge is 2.21. The van der Waals surface area contributed by atoms with Crippen LogP contribution in [0.1, 0.15) is 30.6 Å². The van der Waals surface area contributed by atoms with E-state index in [1.165, 1.54) is 0 Å². The van der Waals surface area contributed by atoms with E-state index in [0.29, 0.717) is 0 Å². The van der Waals surface area contributed by atoms with E-state index in [-0.39, 0.29) is 0 Å². The fraction of sp³-hybridized carbons (Fsp3) is 0.188. The van der Waals surface area contributed by atoms with Gasteiger partial charge in [0.25, 0.3) is 0 Å². The molecule has 0 aromatic heterocycles. The van der Waals surface area contributed by atoms with Crippen molar-refractivity contribution in [3.8, 4) is 0 Å². The summed E-state index contributed by atoms with van der Waals surface area (Å²) in [5.41, 5.74) is 2.07. The molecule has 0 saturated carbocycles. The molecule has 0 aliphatic carbocycles. The summed E-state index contributed by atoms with van der Waals surface area (Å²) in [4.78, 5) is 0. The standard InChI is InChI=1S/C16H17O/c1-2-15(13-9-5-3-6-10-13)16(17)14-11-7-4-8-12-14/h3-12,16-17H,2H2,1H3. The number of aliphatic hydroxyl groups is 1. The van der Waals surface area contributed by atoms with Gasteiger partial charge in [0.2, 0.25) is 0 Å². The van der Waals surface area contributed by atoms with Crippen molar-refractivity contribution in [3.63, 3.8) is 0 Å². The SMILES string of the molecule is CC[C](c1ccccc1)C(O)c1ccccc1. The average Bonchev–Trinajstić information content (AvgIpc) is 2.42. The summed E-state index contributed by atoms with van der Waals surface area (Å²) in [6, 6.07) is 19.9. The van der Waals surface area contributed by atoms with Crippen molar-refractivity contribution in [1.82, 2.24) is 0 Å². The van der Waals surface area contributed by atoms with E-state index in [0.717, 1.165) is 23.5 Å². The second-order valence-corrected chi connectivity index (χ2v) is 4.06. The Morgan fingerprint density at radius 1 is 0.941 bits per heavy atom. The molecule has 0 heterocycles. The topological polar surface area (TPSA) is 20.2 Å². The predicted molar refractivity (Wildman–Crippen MR) is 70.5 cm³/mol. The molecule has 0 spiro atoms. The van der Waals surface area contributed by atoms with Gasteiger partial charge in [-0.2, -0.15) is 0 Å². The molecule has 87 valence electrons. The minimum absolute atomic E-state index is 0.511. The van der Waals surface area contributed by atoms with E-state index in [2.05, 4.69) is 6.92 Å². The van der Waals surface area contributed by atoms with Crippen molar-refractivity contribution in [2.75, 3.05) is 0 Å². The van der Waals surface area contributed by atoms with E-state index in [4.69, 9.17) is 0 Å². The molecular weight excluding hydrogens is 208 g/mol. The fourth-order valence-corrected chi connectivity index (χ4v) is 2.04. The normalized spacial score (nSPS) is 12.6. The van der Waals surface area contributed by atoms with E-state index in [9.17, 15) is 5.11 Å². The van der Waals surface area contributed by atoms with Gasteiger partial charge in [-0.05, 0) is 17.5 Å². The monoisotopic (exact) mass is 225 g/mol. The number of aliphatic hydroxyl groups excluding tert-OH is 1. The Morgan fingerprint density at radius 3 is 2.00 bits per heavy atom. The Hall–Kier alpha value is -1.60. The van der Waals surface area contributed by atoms with Crippen LogP contribution in [-0.2, 0) is 0 Å². The molecule has 1 N–H and O–H groups in total. The van der Waals surface area contributed by atoms with Crippen molar-refractivity contribution < 1.29 is 5.11 Å². The highest BCUT2D eigenvalue weighted by molar-refractivity contribution is 5.36. The third-order valence-electron chi connectivity index (χ3n) is 2.97. The van der Waals surface area contributed by atoms with Gasteiger partial charge in [-0.25, -0.2) is 0 Å². The molecule has 2 aromatic rings. The number of hydrogen-bond donors (Lipinski definition) is 1. The van der Waals surface area contributed by atoms with E-state index in [1.54, 1.807) is 0 Å². The molecule has 0 fully saturated rings. The van der Waals surface area contributed by atoms with Gasteiger partial charge in [-0.3, -0.25) is 0 Å². The first-order valence-corrected chi connectivity index (χ1v) is 5.97. The van der Waals surface area contributed by atoms with Gasteiger partial charge in [0, 0.05) is 5.92 Å². The summed E-state index contributed by atoms with van der Waals surface area (Å²) >= 11 is 0. The molecule has 0 amide bonds. The summed E-state index contributed by atoms with van der Waals surface area (Å²) in [5, 5.41) is 10.4. The van der Waals surface area contributed by atoms with Gasteiger partial charge in [-0.15, -0.1) is 0 Å². The van der Waals surface area contributed by atoms with E-state index in [1.807, 2.05) is 60.7 Å².